The van der Waals surface area contributed by atoms with E-state index in [1.54, 1.807) is 24.3 Å². The highest BCUT2D eigenvalue weighted by molar-refractivity contribution is 6.30. The summed E-state index contributed by atoms with van der Waals surface area (Å²) in [4.78, 5) is 26.1. The third-order valence-electron chi connectivity index (χ3n) is 3.05. The average Bonchev–Trinajstić information content (AvgIpc) is 2.98. The number of rotatable bonds is 4. The molecule has 0 amide bonds. The molecule has 8 nitrogen and oxygen atoms in total. The molecule has 0 aliphatic heterocycles. The van der Waals surface area contributed by atoms with Gasteiger partial charge in [-0.2, -0.15) is 4.98 Å². The quantitative estimate of drug-likeness (QED) is 0.537. The van der Waals surface area contributed by atoms with Gasteiger partial charge in [0.05, 0.1) is 17.7 Å². The Morgan fingerprint density at radius 2 is 1.96 bits per heavy atom. The van der Waals surface area contributed by atoms with Gasteiger partial charge in [0, 0.05) is 22.7 Å². The molecule has 2 aromatic heterocycles. The van der Waals surface area contributed by atoms with Crippen LogP contribution in [-0.2, 0) is 6.54 Å². The third-order valence-corrected chi connectivity index (χ3v) is 3.30. The number of halogens is 1. The van der Waals surface area contributed by atoms with E-state index in [9.17, 15) is 14.9 Å². The van der Waals surface area contributed by atoms with E-state index in [1.807, 2.05) is 0 Å². The molecule has 2 heterocycles. The van der Waals surface area contributed by atoms with E-state index in [-0.39, 0.29) is 23.9 Å². The molecule has 0 atom stereocenters. The second-order valence-electron chi connectivity index (χ2n) is 4.63. The molecule has 0 N–H and O–H groups in total. The first-order valence-corrected chi connectivity index (χ1v) is 6.84. The molecule has 9 heteroatoms. The van der Waals surface area contributed by atoms with Gasteiger partial charge in [0.15, 0.2) is 5.82 Å². The molecule has 0 unspecified atom stereocenters. The highest BCUT2D eigenvalue weighted by Gasteiger charge is 2.12. The zero-order valence-electron chi connectivity index (χ0n) is 11.5. The van der Waals surface area contributed by atoms with Crippen LogP contribution in [-0.4, -0.2) is 19.6 Å². The first kappa shape index (κ1) is 14.9. The minimum atomic E-state index is -0.578. The molecule has 0 radical (unpaired) electrons. The molecule has 23 heavy (non-hydrogen) atoms. The fraction of sp³-hybridized carbons (Fsp3) is 0.0714. The van der Waals surface area contributed by atoms with Crippen molar-refractivity contribution in [1.29, 1.82) is 0 Å². The standard InChI is InChI=1S/C14H9ClN4O4/c15-10-3-1-9(2-4-10)14-16-12(17-23-14)8-18-7-11(19(21)22)5-6-13(18)20/h1-7H,8H2. The van der Waals surface area contributed by atoms with E-state index in [0.717, 1.165) is 22.9 Å². The van der Waals surface area contributed by atoms with Crippen molar-refractivity contribution >= 4 is 17.3 Å². The van der Waals surface area contributed by atoms with Gasteiger partial charge in [0.25, 0.3) is 17.1 Å². The normalized spacial score (nSPS) is 10.7. The van der Waals surface area contributed by atoms with E-state index in [2.05, 4.69) is 10.1 Å². The van der Waals surface area contributed by atoms with Crippen molar-refractivity contribution in [3.63, 3.8) is 0 Å². The highest BCUT2D eigenvalue weighted by atomic mass is 35.5. The summed E-state index contributed by atoms with van der Waals surface area (Å²) in [6.45, 7) is -0.0302. The van der Waals surface area contributed by atoms with Crippen molar-refractivity contribution in [3.05, 3.63) is 73.9 Å². The van der Waals surface area contributed by atoms with E-state index < -0.39 is 10.5 Å². The molecular weight excluding hydrogens is 324 g/mol. The first-order chi connectivity index (χ1) is 11.0. The van der Waals surface area contributed by atoms with Crippen LogP contribution in [0.5, 0.6) is 0 Å². The van der Waals surface area contributed by atoms with E-state index in [0.29, 0.717) is 10.6 Å². The lowest BCUT2D eigenvalue weighted by atomic mass is 10.2. The van der Waals surface area contributed by atoms with E-state index >= 15 is 0 Å². The van der Waals surface area contributed by atoms with E-state index in [1.165, 1.54) is 0 Å². The summed E-state index contributed by atoms with van der Waals surface area (Å²) in [5.74, 6) is 0.507. The Labute approximate surface area is 134 Å². The van der Waals surface area contributed by atoms with Crippen LogP contribution in [0.3, 0.4) is 0 Å². The number of nitrogens with zero attached hydrogens (tertiary/aromatic N) is 4. The number of pyridine rings is 1. The number of hydrogen-bond donors (Lipinski definition) is 0. The largest absolute Gasteiger partial charge is 0.334 e. The summed E-state index contributed by atoms with van der Waals surface area (Å²) in [6.07, 6.45) is 1.14. The Kier molecular flexibility index (Phi) is 3.90. The topological polar surface area (TPSA) is 104 Å². The molecular formula is C14H9ClN4O4. The maximum absolute atomic E-state index is 11.8. The van der Waals surface area contributed by atoms with Gasteiger partial charge in [-0.15, -0.1) is 0 Å². The molecule has 0 saturated heterocycles. The maximum Gasteiger partial charge on any atom is 0.285 e. The number of aromatic nitrogens is 3. The van der Waals surface area contributed by atoms with Gasteiger partial charge in [-0.1, -0.05) is 16.8 Å². The van der Waals surface area contributed by atoms with Crippen molar-refractivity contribution in [2.75, 3.05) is 0 Å². The Hall–Kier alpha value is -3.00. The van der Waals surface area contributed by atoms with Crippen LogP contribution in [0, 0.1) is 10.1 Å². The molecule has 0 saturated carbocycles. The summed E-state index contributed by atoms with van der Waals surface area (Å²) in [6, 6.07) is 9.09. The molecule has 0 bridgehead atoms. The minimum absolute atomic E-state index is 0.0302. The molecule has 0 aliphatic carbocycles. The average molecular weight is 333 g/mol. The van der Waals surface area contributed by atoms with Crippen LogP contribution in [0.1, 0.15) is 5.82 Å². The summed E-state index contributed by atoms with van der Waals surface area (Å²) < 4.78 is 6.27. The Morgan fingerprint density at radius 3 is 2.65 bits per heavy atom. The van der Waals surface area contributed by atoms with Crippen molar-refractivity contribution in [1.82, 2.24) is 14.7 Å². The Balaban J connectivity index is 1.87. The summed E-state index contributed by atoms with van der Waals surface area (Å²) in [5.41, 5.74) is 0.0963. The van der Waals surface area contributed by atoms with Gasteiger partial charge < -0.3 is 9.09 Å². The second-order valence-corrected chi connectivity index (χ2v) is 5.07. The smallest absolute Gasteiger partial charge is 0.285 e. The van der Waals surface area contributed by atoms with Crippen LogP contribution in [0.2, 0.25) is 5.02 Å². The summed E-state index contributed by atoms with van der Waals surface area (Å²) >= 11 is 5.81. The van der Waals surface area contributed by atoms with Crippen molar-refractivity contribution in [3.8, 4) is 11.5 Å². The van der Waals surface area contributed by atoms with E-state index in [4.69, 9.17) is 16.1 Å². The third kappa shape index (κ3) is 3.27. The lowest BCUT2D eigenvalue weighted by Crippen LogP contribution is -2.20. The zero-order chi connectivity index (χ0) is 16.4. The van der Waals surface area contributed by atoms with Gasteiger partial charge in [0.1, 0.15) is 0 Å². The fourth-order valence-corrected chi connectivity index (χ4v) is 2.06. The summed E-state index contributed by atoms with van der Waals surface area (Å²) in [5, 5.41) is 15.1. The Bertz CT molecular complexity index is 917. The number of benzene rings is 1. The molecule has 116 valence electrons. The predicted octanol–water partition coefficient (Wildman–Crippen LogP) is 2.51. The van der Waals surface area contributed by atoms with Crippen molar-refractivity contribution in [2.24, 2.45) is 0 Å². The molecule has 3 aromatic rings. The van der Waals surface area contributed by atoms with Gasteiger partial charge in [-0.05, 0) is 24.3 Å². The maximum atomic E-state index is 11.8. The van der Waals surface area contributed by atoms with Gasteiger partial charge >= 0.3 is 0 Å². The van der Waals surface area contributed by atoms with Crippen LogP contribution < -0.4 is 5.56 Å². The Morgan fingerprint density at radius 1 is 1.22 bits per heavy atom. The van der Waals surface area contributed by atoms with Crippen molar-refractivity contribution in [2.45, 2.75) is 6.54 Å². The highest BCUT2D eigenvalue weighted by Crippen LogP contribution is 2.19. The van der Waals surface area contributed by atoms with Crippen LogP contribution in [0.4, 0.5) is 5.69 Å². The van der Waals surface area contributed by atoms with Gasteiger partial charge in [0.2, 0.25) is 0 Å². The molecule has 3 rings (SSSR count). The minimum Gasteiger partial charge on any atom is -0.334 e. The van der Waals surface area contributed by atoms with Crippen LogP contribution >= 0.6 is 11.6 Å². The first-order valence-electron chi connectivity index (χ1n) is 6.46. The predicted molar refractivity (Wildman–Crippen MR) is 81.2 cm³/mol. The van der Waals surface area contributed by atoms with Gasteiger partial charge in [-0.25, -0.2) is 0 Å². The fourth-order valence-electron chi connectivity index (χ4n) is 1.93. The van der Waals surface area contributed by atoms with Crippen LogP contribution in [0.25, 0.3) is 11.5 Å². The molecule has 1 aromatic carbocycles. The van der Waals surface area contributed by atoms with Crippen LogP contribution in [0.15, 0.2) is 51.9 Å². The lowest BCUT2D eigenvalue weighted by molar-refractivity contribution is -0.385. The lowest BCUT2D eigenvalue weighted by Gasteiger charge is -2.00. The molecule has 0 aliphatic rings. The summed E-state index contributed by atoms with van der Waals surface area (Å²) in [7, 11) is 0. The second kappa shape index (κ2) is 6.01. The monoisotopic (exact) mass is 332 g/mol. The number of hydrogen-bond acceptors (Lipinski definition) is 6. The molecule has 0 spiro atoms. The zero-order valence-corrected chi connectivity index (χ0v) is 12.3. The SMILES string of the molecule is O=c1ccc([N+](=O)[O-])cn1Cc1noc(-c2ccc(Cl)cc2)n1. The number of nitro groups is 1. The van der Waals surface area contributed by atoms with Crippen molar-refractivity contribution < 1.29 is 9.45 Å². The molecule has 0 fully saturated rings. The van der Waals surface area contributed by atoms with Gasteiger partial charge in [-0.3, -0.25) is 14.9 Å².